The molecule has 0 aliphatic heterocycles. The summed E-state index contributed by atoms with van der Waals surface area (Å²) in [5, 5.41) is 0. The Labute approximate surface area is 166 Å². The molecule has 0 aromatic heterocycles. The molecule has 0 radical (unpaired) electrons. The van der Waals surface area contributed by atoms with Gasteiger partial charge >= 0.3 is 5.97 Å². The molecule has 0 aliphatic carbocycles. The SMILES string of the molecule is COc1cc(C=Cc2ccccc2)ccc1OC(=O)c1c(C)cc(C)cc1C. The monoisotopic (exact) mass is 372 g/mol. The first-order valence-corrected chi connectivity index (χ1v) is 9.19. The van der Waals surface area contributed by atoms with Crippen LogP contribution in [0.15, 0.2) is 60.7 Å². The molecular formula is C25H24O3. The van der Waals surface area contributed by atoms with Crippen LogP contribution in [0.4, 0.5) is 0 Å². The standard InChI is InChI=1S/C25H24O3/c1-17-14-18(2)24(19(3)15-17)25(26)28-22-13-12-21(16-23(22)27-4)11-10-20-8-6-5-7-9-20/h5-16H,1-4H3. The van der Waals surface area contributed by atoms with E-state index in [0.29, 0.717) is 17.1 Å². The zero-order valence-electron chi connectivity index (χ0n) is 16.7. The summed E-state index contributed by atoms with van der Waals surface area (Å²) >= 11 is 0. The van der Waals surface area contributed by atoms with Crippen LogP contribution in [0.3, 0.4) is 0 Å². The van der Waals surface area contributed by atoms with E-state index in [1.165, 1.54) is 0 Å². The van der Waals surface area contributed by atoms with E-state index in [-0.39, 0.29) is 5.97 Å². The minimum atomic E-state index is -0.374. The van der Waals surface area contributed by atoms with Crippen LogP contribution in [0.5, 0.6) is 11.5 Å². The van der Waals surface area contributed by atoms with Crippen molar-refractivity contribution < 1.29 is 14.3 Å². The number of carbonyl (C=O) groups is 1. The van der Waals surface area contributed by atoms with E-state index in [4.69, 9.17) is 9.47 Å². The average Bonchev–Trinajstić information content (AvgIpc) is 2.67. The van der Waals surface area contributed by atoms with Gasteiger partial charge in [0.15, 0.2) is 11.5 Å². The van der Waals surface area contributed by atoms with Crippen molar-refractivity contribution >= 4 is 18.1 Å². The smallest absolute Gasteiger partial charge is 0.344 e. The van der Waals surface area contributed by atoms with Crippen LogP contribution in [-0.4, -0.2) is 13.1 Å². The number of aryl methyl sites for hydroxylation is 3. The van der Waals surface area contributed by atoms with Crippen molar-refractivity contribution in [2.24, 2.45) is 0 Å². The molecule has 0 fully saturated rings. The molecule has 0 saturated heterocycles. The quantitative estimate of drug-likeness (QED) is 0.312. The molecule has 0 bridgehead atoms. The maximum atomic E-state index is 12.7. The zero-order valence-corrected chi connectivity index (χ0v) is 16.7. The van der Waals surface area contributed by atoms with Gasteiger partial charge in [0.05, 0.1) is 12.7 Å². The van der Waals surface area contributed by atoms with Gasteiger partial charge in [-0.15, -0.1) is 0 Å². The molecule has 0 saturated carbocycles. The Morgan fingerprint density at radius 2 is 1.43 bits per heavy atom. The van der Waals surface area contributed by atoms with Crippen molar-refractivity contribution in [1.29, 1.82) is 0 Å². The number of ether oxygens (including phenoxy) is 2. The molecule has 0 atom stereocenters. The Balaban J connectivity index is 1.83. The number of hydrogen-bond acceptors (Lipinski definition) is 3. The summed E-state index contributed by atoms with van der Waals surface area (Å²) in [6.07, 6.45) is 4.03. The predicted octanol–water partition coefficient (Wildman–Crippen LogP) is 6.01. The number of esters is 1. The summed E-state index contributed by atoms with van der Waals surface area (Å²) in [6, 6.07) is 19.6. The molecule has 0 N–H and O–H groups in total. The van der Waals surface area contributed by atoms with Gasteiger partial charge in [-0.25, -0.2) is 4.79 Å². The molecule has 3 aromatic rings. The van der Waals surface area contributed by atoms with Crippen molar-refractivity contribution in [2.45, 2.75) is 20.8 Å². The van der Waals surface area contributed by atoms with Gasteiger partial charge in [-0.2, -0.15) is 0 Å². The zero-order chi connectivity index (χ0) is 20.1. The highest BCUT2D eigenvalue weighted by Gasteiger charge is 2.17. The fourth-order valence-electron chi connectivity index (χ4n) is 3.28. The maximum absolute atomic E-state index is 12.7. The normalized spacial score (nSPS) is 10.9. The van der Waals surface area contributed by atoms with Crippen LogP contribution >= 0.6 is 0 Å². The lowest BCUT2D eigenvalue weighted by Gasteiger charge is -2.13. The highest BCUT2D eigenvalue weighted by Crippen LogP contribution is 2.30. The third-order valence-electron chi connectivity index (χ3n) is 4.54. The van der Waals surface area contributed by atoms with Gasteiger partial charge in [0.2, 0.25) is 0 Å². The van der Waals surface area contributed by atoms with E-state index >= 15 is 0 Å². The van der Waals surface area contributed by atoms with E-state index in [2.05, 4.69) is 0 Å². The van der Waals surface area contributed by atoms with Crippen LogP contribution in [0.1, 0.15) is 38.2 Å². The lowest BCUT2D eigenvalue weighted by Crippen LogP contribution is -2.13. The molecule has 0 amide bonds. The highest BCUT2D eigenvalue weighted by molar-refractivity contribution is 5.94. The second-order valence-corrected chi connectivity index (χ2v) is 6.82. The van der Waals surface area contributed by atoms with Gasteiger partial charge in [-0.3, -0.25) is 0 Å². The van der Waals surface area contributed by atoms with Crippen molar-refractivity contribution in [3.63, 3.8) is 0 Å². The van der Waals surface area contributed by atoms with Crippen molar-refractivity contribution in [2.75, 3.05) is 7.11 Å². The van der Waals surface area contributed by atoms with Crippen LogP contribution in [-0.2, 0) is 0 Å². The van der Waals surface area contributed by atoms with Crippen LogP contribution < -0.4 is 9.47 Å². The lowest BCUT2D eigenvalue weighted by molar-refractivity contribution is 0.0728. The summed E-state index contributed by atoms with van der Waals surface area (Å²) in [4.78, 5) is 12.7. The summed E-state index contributed by atoms with van der Waals surface area (Å²) in [6.45, 7) is 5.86. The largest absolute Gasteiger partial charge is 0.493 e. The Bertz CT molecular complexity index is 994. The maximum Gasteiger partial charge on any atom is 0.344 e. The van der Waals surface area contributed by atoms with Gasteiger partial charge in [0, 0.05) is 0 Å². The minimum absolute atomic E-state index is 0.374. The molecule has 0 spiro atoms. The minimum Gasteiger partial charge on any atom is -0.493 e. The summed E-state index contributed by atoms with van der Waals surface area (Å²) in [5.74, 6) is 0.551. The van der Waals surface area contributed by atoms with Gasteiger partial charge in [-0.1, -0.05) is 66.2 Å². The first-order valence-electron chi connectivity index (χ1n) is 9.19. The van der Waals surface area contributed by atoms with Gasteiger partial charge < -0.3 is 9.47 Å². The van der Waals surface area contributed by atoms with Crippen LogP contribution in [0, 0.1) is 20.8 Å². The molecule has 3 nitrogen and oxygen atoms in total. The molecule has 3 heteroatoms. The third kappa shape index (κ3) is 4.49. The molecule has 0 unspecified atom stereocenters. The second kappa shape index (κ2) is 8.57. The number of carbonyl (C=O) groups excluding carboxylic acids is 1. The summed E-state index contributed by atoms with van der Waals surface area (Å²) in [7, 11) is 1.57. The molecular weight excluding hydrogens is 348 g/mol. The first-order chi connectivity index (χ1) is 13.5. The van der Waals surface area contributed by atoms with Gasteiger partial charge in [0.25, 0.3) is 0 Å². The van der Waals surface area contributed by atoms with Crippen molar-refractivity contribution in [1.82, 2.24) is 0 Å². The Morgan fingerprint density at radius 1 is 0.786 bits per heavy atom. The Morgan fingerprint density at radius 3 is 2.07 bits per heavy atom. The molecule has 28 heavy (non-hydrogen) atoms. The second-order valence-electron chi connectivity index (χ2n) is 6.82. The van der Waals surface area contributed by atoms with E-state index < -0.39 is 0 Å². The Hall–Kier alpha value is -3.33. The summed E-state index contributed by atoms with van der Waals surface area (Å²) < 4.78 is 11.1. The first kappa shape index (κ1) is 19.4. The predicted molar refractivity (Wildman–Crippen MR) is 114 cm³/mol. The molecule has 142 valence electrons. The van der Waals surface area contributed by atoms with Crippen molar-refractivity contribution in [3.8, 4) is 11.5 Å². The Kier molecular flexibility index (Phi) is 5.95. The number of benzene rings is 3. The lowest BCUT2D eigenvalue weighted by atomic mass is 10.00. The third-order valence-corrected chi connectivity index (χ3v) is 4.54. The fraction of sp³-hybridized carbons (Fsp3) is 0.160. The molecule has 3 rings (SSSR count). The van der Waals surface area contributed by atoms with E-state index in [0.717, 1.165) is 27.8 Å². The van der Waals surface area contributed by atoms with E-state index in [9.17, 15) is 4.79 Å². The number of hydrogen-bond donors (Lipinski definition) is 0. The average molecular weight is 372 g/mol. The van der Waals surface area contributed by atoms with E-state index in [1.54, 1.807) is 13.2 Å². The van der Waals surface area contributed by atoms with E-state index in [1.807, 2.05) is 87.5 Å². The van der Waals surface area contributed by atoms with Gasteiger partial charge in [-0.05, 0) is 55.2 Å². The topological polar surface area (TPSA) is 35.5 Å². The summed E-state index contributed by atoms with van der Waals surface area (Å²) in [5.41, 5.74) is 5.61. The van der Waals surface area contributed by atoms with Crippen LogP contribution in [0.25, 0.3) is 12.2 Å². The number of rotatable bonds is 5. The van der Waals surface area contributed by atoms with Gasteiger partial charge in [0.1, 0.15) is 0 Å². The molecule has 0 heterocycles. The molecule has 3 aromatic carbocycles. The molecule has 0 aliphatic rings. The number of methoxy groups -OCH3 is 1. The van der Waals surface area contributed by atoms with Crippen molar-refractivity contribution in [3.05, 3.63) is 94.0 Å². The fourth-order valence-corrected chi connectivity index (χ4v) is 3.28. The van der Waals surface area contributed by atoms with Crippen LogP contribution in [0.2, 0.25) is 0 Å². The highest BCUT2D eigenvalue weighted by atomic mass is 16.6.